The third-order valence-corrected chi connectivity index (χ3v) is 6.10. The molecular formula is C28H17F4N3O4. The van der Waals surface area contributed by atoms with Gasteiger partial charge in [0.2, 0.25) is 0 Å². The van der Waals surface area contributed by atoms with Crippen molar-refractivity contribution in [2.24, 2.45) is 5.10 Å². The summed E-state index contributed by atoms with van der Waals surface area (Å²) in [5, 5.41) is 26.5. The van der Waals surface area contributed by atoms with Gasteiger partial charge in [-0.05, 0) is 53.6 Å². The van der Waals surface area contributed by atoms with Gasteiger partial charge in [0.1, 0.15) is 11.6 Å². The predicted octanol–water partition coefficient (Wildman–Crippen LogP) is 6.35. The number of carbonyl (C=O) groups excluding carboxylic acids is 1. The Balaban J connectivity index is 1.55. The fraction of sp³-hybridized carbons (Fsp3) is 0.0357. The zero-order valence-electron chi connectivity index (χ0n) is 19.7. The Bertz CT molecular complexity index is 1660. The molecule has 0 atom stereocenters. The summed E-state index contributed by atoms with van der Waals surface area (Å²) in [5.41, 5.74) is 1.75. The fourth-order valence-electron chi connectivity index (χ4n) is 4.29. The maximum Gasteiger partial charge on any atom is 0.417 e. The number of carboxylic acid groups (broad SMARTS) is 1. The number of nitrogens with one attached hydrogen (secondary N) is 2. The van der Waals surface area contributed by atoms with Crippen LogP contribution in [0, 0.1) is 5.82 Å². The number of phenols is 1. The molecule has 5 rings (SSSR count). The number of alkyl halides is 3. The van der Waals surface area contributed by atoms with Crippen molar-refractivity contribution in [2.75, 3.05) is 10.7 Å². The number of aromatic hydroxyl groups is 1. The Morgan fingerprint density at radius 3 is 2.31 bits per heavy atom. The van der Waals surface area contributed by atoms with Gasteiger partial charge in [0.15, 0.2) is 5.71 Å². The Morgan fingerprint density at radius 2 is 1.62 bits per heavy atom. The molecule has 0 spiro atoms. The van der Waals surface area contributed by atoms with E-state index in [2.05, 4.69) is 15.8 Å². The number of para-hydroxylation sites is 1. The maximum absolute atomic E-state index is 13.8. The molecule has 1 heterocycles. The molecule has 11 heteroatoms. The first-order chi connectivity index (χ1) is 18.5. The Kier molecular flexibility index (Phi) is 6.27. The van der Waals surface area contributed by atoms with Crippen LogP contribution < -0.4 is 10.7 Å². The van der Waals surface area contributed by atoms with Gasteiger partial charge in [-0.15, -0.1) is 0 Å². The molecule has 4 aromatic carbocycles. The van der Waals surface area contributed by atoms with E-state index in [1.807, 2.05) is 0 Å². The van der Waals surface area contributed by atoms with Crippen molar-refractivity contribution < 1.29 is 37.4 Å². The van der Waals surface area contributed by atoms with Crippen LogP contribution in [0.15, 0.2) is 84.0 Å². The molecule has 4 aromatic rings. The van der Waals surface area contributed by atoms with Crippen molar-refractivity contribution in [1.29, 1.82) is 0 Å². The van der Waals surface area contributed by atoms with Crippen molar-refractivity contribution in [1.82, 2.24) is 0 Å². The standard InChI is InChI=1S/C28H17F4N3O4/c29-17-9-7-14(8-10-17)22-20(28(30,31)32)12-11-19-23(22)33-26(37)24(19)35-34-21-6-2-5-18(25(21)36)15-3-1-4-16(13-15)27(38)39/h1-13,34,36H,(H,38,39)(H,33,35,37). The normalized spacial score (nSPS) is 13.7. The average molecular weight is 535 g/mol. The summed E-state index contributed by atoms with van der Waals surface area (Å²) in [6, 6.07) is 16.8. The van der Waals surface area contributed by atoms with E-state index >= 15 is 0 Å². The highest BCUT2D eigenvalue weighted by molar-refractivity contribution is 6.54. The SMILES string of the molecule is O=C1Nc2c(ccc(C(F)(F)F)c2-c2ccc(F)cc2)C1=NNc1cccc(-c2cccc(C(=O)O)c2)c1O. The lowest BCUT2D eigenvalue weighted by Crippen LogP contribution is -2.16. The third-order valence-electron chi connectivity index (χ3n) is 6.10. The number of carbonyl (C=O) groups is 2. The van der Waals surface area contributed by atoms with E-state index in [1.54, 1.807) is 18.2 Å². The Morgan fingerprint density at radius 1 is 0.897 bits per heavy atom. The van der Waals surface area contributed by atoms with Crippen LogP contribution in [0.5, 0.6) is 5.75 Å². The number of hydrogen-bond donors (Lipinski definition) is 4. The summed E-state index contributed by atoms with van der Waals surface area (Å²) in [6.07, 6.45) is -4.76. The van der Waals surface area contributed by atoms with E-state index in [0.29, 0.717) is 5.56 Å². The zero-order valence-corrected chi connectivity index (χ0v) is 19.7. The molecule has 7 nitrogen and oxygen atoms in total. The monoisotopic (exact) mass is 535 g/mol. The van der Waals surface area contributed by atoms with Gasteiger partial charge in [-0.2, -0.15) is 18.3 Å². The molecule has 1 amide bonds. The van der Waals surface area contributed by atoms with E-state index in [9.17, 15) is 37.4 Å². The van der Waals surface area contributed by atoms with E-state index < -0.39 is 29.4 Å². The number of nitrogens with zero attached hydrogens (tertiary/aromatic N) is 1. The van der Waals surface area contributed by atoms with Gasteiger partial charge in [0.05, 0.1) is 22.5 Å². The molecule has 39 heavy (non-hydrogen) atoms. The molecule has 1 aliphatic rings. The summed E-state index contributed by atoms with van der Waals surface area (Å²) < 4.78 is 55.0. The molecular weight excluding hydrogens is 518 g/mol. The van der Waals surface area contributed by atoms with E-state index in [4.69, 9.17) is 0 Å². The minimum atomic E-state index is -4.76. The summed E-state index contributed by atoms with van der Waals surface area (Å²) >= 11 is 0. The van der Waals surface area contributed by atoms with Crippen molar-refractivity contribution >= 4 is 29.0 Å². The first-order valence-corrected chi connectivity index (χ1v) is 11.4. The first-order valence-electron chi connectivity index (χ1n) is 11.4. The molecule has 4 N–H and O–H groups in total. The molecule has 0 unspecified atom stereocenters. The smallest absolute Gasteiger partial charge is 0.417 e. The summed E-state index contributed by atoms with van der Waals surface area (Å²) in [4.78, 5) is 24.1. The number of benzene rings is 4. The number of halogens is 4. The van der Waals surface area contributed by atoms with Crippen LogP contribution in [0.2, 0.25) is 0 Å². The Hall–Kier alpha value is -5.19. The number of anilines is 2. The van der Waals surface area contributed by atoms with E-state index in [1.165, 1.54) is 36.4 Å². The molecule has 0 saturated heterocycles. The minimum absolute atomic E-state index is 0.0138. The van der Waals surface area contributed by atoms with Gasteiger partial charge in [-0.3, -0.25) is 10.2 Å². The number of fused-ring (bicyclic) bond motifs is 1. The number of carboxylic acids is 1. The van der Waals surface area contributed by atoms with Gasteiger partial charge in [-0.25, -0.2) is 9.18 Å². The second-order valence-electron chi connectivity index (χ2n) is 8.53. The van der Waals surface area contributed by atoms with Gasteiger partial charge in [0, 0.05) is 16.7 Å². The van der Waals surface area contributed by atoms with E-state index in [0.717, 1.165) is 24.3 Å². The highest BCUT2D eigenvalue weighted by atomic mass is 19.4. The lowest BCUT2D eigenvalue weighted by atomic mass is 9.94. The van der Waals surface area contributed by atoms with Crippen LogP contribution in [0.3, 0.4) is 0 Å². The predicted molar refractivity (Wildman–Crippen MR) is 136 cm³/mol. The fourth-order valence-corrected chi connectivity index (χ4v) is 4.29. The number of amides is 1. The number of phenolic OH excluding ortho intramolecular Hbond substituents is 1. The number of hydrogen-bond acceptors (Lipinski definition) is 5. The van der Waals surface area contributed by atoms with Crippen LogP contribution in [-0.4, -0.2) is 27.8 Å². The highest BCUT2D eigenvalue weighted by Gasteiger charge is 2.39. The van der Waals surface area contributed by atoms with Gasteiger partial charge >= 0.3 is 12.1 Å². The lowest BCUT2D eigenvalue weighted by Gasteiger charge is -2.16. The van der Waals surface area contributed by atoms with Gasteiger partial charge in [-0.1, -0.05) is 36.4 Å². The lowest BCUT2D eigenvalue weighted by molar-refractivity contribution is -0.137. The third kappa shape index (κ3) is 4.77. The molecule has 0 radical (unpaired) electrons. The Labute approximate surface area is 218 Å². The van der Waals surface area contributed by atoms with Crippen molar-refractivity contribution in [3.63, 3.8) is 0 Å². The van der Waals surface area contributed by atoms with E-state index in [-0.39, 0.29) is 50.7 Å². The second kappa shape index (κ2) is 9.60. The topological polar surface area (TPSA) is 111 Å². The summed E-state index contributed by atoms with van der Waals surface area (Å²) in [7, 11) is 0. The molecule has 0 aliphatic carbocycles. The van der Waals surface area contributed by atoms with Crippen LogP contribution in [-0.2, 0) is 11.0 Å². The van der Waals surface area contributed by atoms with Crippen molar-refractivity contribution in [2.45, 2.75) is 6.18 Å². The maximum atomic E-state index is 13.8. The first kappa shape index (κ1) is 25.5. The van der Waals surface area contributed by atoms with Crippen LogP contribution in [0.4, 0.5) is 28.9 Å². The number of rotatable bonds is 5. The molecule has 0 fully saturated rings. The number of aromatic carboxylic acids is 1. The quantitative estimate of drug-likeness (QED) is 0.135. The van der Waals surface area contributed by atoms with Crippen LogP contribution in [0.25, 0.3) is 22.3 Å². The van der Waals surface area contributed by atoms with Crippen molar-refractivity contribution in [3.05, 3.63) is 101 Å². The largest absolute Gasteiger partial charge is 0.505 e. The molecule has 1 aliphatic heterocycles. The minimum Gasteiger partial charge on any atom is -0.505 e. The highest BCUT2D eigenvalue weighted by Crippen LogP contribution is 2.44. The zero-order chi connectivity index (χ0) is 27.9. The van der Waals surface area contributed by atoms with Crippen molar-refractivity contribution in [3.8, 4) is 28.0 Å². The second-order valence-corrected chi connectivity index (χ2v) is 8.53. The van der Waals surface area contributed by atoms with Crippen LogP contribution >= 0.6 is 0 Å². The number of hydrazone groups is 1. The average Bonchev–Trinajstić information content (AvgIpc) is 3.22. The molecule has 0 aromatic heterocycles. The van der Waals surface area contributed by atoms with Gasteiger partial charge < -0.3 is 15.5 Å². The summed E-state index contributed by atoms with van der Waals surface area (Å²) in [5.74, 6) is -2.85. The van der Waals surface area contributed by atoms with Gasteiger partial charge in [0.25, 0.3) is 5.91 Å². The van der Waals surface area contributed by atoms with Crippen LogP contribution in [0.1, 0.15) is 21.5 Å². The molecule has 0 saturated carbocycles. The molecule has 196 valence electrons. The summed E-state index contributed by atoms with van der Waals surface area (Å²) in [6.45, 7) is 0. The molecule has 0 bridgehead atoms.